The Morgan fingerprint density at radius 3 is 2.28 bits per heavy atom. The highest BCUT2D eigenvalue weighted by Gasteiger charge is 2.28. The number of carbonyl (C=O) groups is 2. The van der Waals surface area contributed by atoms with E-state index in [2.05, 4.69) is 11.4 Å². The van der Waals surface area contributed by atoms with E-state index in [1.165, 1.54) is 0 Å². The van der Waals surface area contributed by atoms with Gasteiger partial charge in [0.2, 0.25) is 5.91 Å². The monoisotopic (exact) mass is 396 g/mol. The maximum Gasteiger partial charge on any atom is 0.261 e. The number of hydrogen-bond donors (Lipinski definition) is 1. The van der Waals surface area contributed by atoms with E-state index in [1.807, 2.05) is 71.0 Å². The van der Waals surface area contributed by atoms with E-state index in [1.54, 1.807) is 4.90 Å². The van der Waals surface area contributed by atoms with Crippen LogP contribution in [0.2, 0.25) is 0 Å². The molecule has 5 heteroatoms. The summed E-state index contributed by atoms with van der Waals surface area (Å²) >= 11 is 0. The second-order valence-electron chi connectivity index (χ2n) is 7.44. The van der Waals surface area contributed by atoms with Crippen LogP contribution in [0.1, 0.15) is 42.5 Å². The fraction of sp³-hybridized carbons (Fsp3) is 0.417. The van der Waals surface area contributed by atoms with Crippen molar-refractivity contribution in [3.63, 3.8) is 0 Å². The van der Waals surface area contributed by atoms with Crippen molar-refractivity contribution in [3.05, 3.63) is 64.7 Å². The average molecular weight is 397 g/mol. The van der Waals surface area contributed by atoms with Crippen LogP contribution in [-0.2, 0) is 16.1 Å². The van der Waals surface area contributed by atoms with Gasteiger partial charge in [0.1, 0.15) is 11.8 Å². The van der Waals surface area contributed by atoms with Crippen molar-refractivity contribution < 1.29 is 14.3 Å². The lowest BCUT2D eigenvalue weighted by Crippen LogP contribution is -2.50. The zero-order chi connectivity index (χ0) is 21.4. The van der Waals surface area contributed by atoms with Gasteiger partial charge in [-0.15, -0.1) is 0 Å². The Morgan fingerprint density at radius 1 is 1.00 bits per heavy atom. The van der Waals surface area contributed by atoms with E-state index in [-0.39, 0.29) is 18.4 Å². The zero-order valence-corrected chi connectivity index (χ0v) is 18.1. The average Bonchev–Trinajstić information content (AvgIpc) is 2.65. The third-order valence-corrected chi connectivity index (χ3v) is 4.73. The number of nitrogens with one attached hydrogen (secondary N) is 1. The van der Waals surface area contributed by atoms with E-state index in [0.29, 0.717) is 25.3 Å². The second-order valence-corrected chi connectivity index (χ2v) is 7.44. The van der Waals surface area contributed by atoms with Crippen molar-refractivity contribution in [3.8, 4) is 5.75 Å². The second kappa shape index (κ2) is 10.6. The third kappa shape index (κ3) is 6.63. The lowest BCUT2D eigenvalue weighted by Gasteiger charge is -2.30. The van der Waals surface area contributed by atoms with E-state index in [4.69, 9.17) is 4.74 Å². The lowest BCUT2D eigenvalue weighted by atomic mass is 10.1. The first-order valence-electron chi connectivity index (χ1n) is 10.2. The molecule has 0 aliphatic rings. The van der Waals surface area contributed by atoms with Gasteiger partial charge in [-0.25, -0.2) is 0 Å². The van der Waals surface area contributed by atoms with Crippen molar-refractivity contribution in [2.75, 3.05) is 13.2 Å². The van der Waals surface area contributed by atoms with E-state index in [9.17, 15) is 9.59 Å². The van der Waals surface area contributed by atoms with Gasteiger partial charge in [-0.2, -0.15) is 0 Å². The van der Waals surface area contributed by atoms with Crippen LogP contribution in [0, 0.1) is 20.8 Å². The normalized spacial score (nSPS) is 11.6. The number of rotatable bonds is 9. The molecule has 0 spiro atoms. The molecular formula is C24H32N2O3. The molecule has 0 aliphatic carbocycles. The molecule has 0 fully saturated rings. The molecule has 2 aromatic carbocycles. The molecule has 0 radical (unpaired) electrons. The fourth-order valence-corrected chi connectivity index (χ4v) is 3.46. The van der Waals surface area contributed by atoms with Crippen LogP contribution in [0.3, 0.4) is 0 Å². The number of amides is 2. The number of hydrogen-bond acceptors (Lipinski definition) is 3. The minimum Gasteiger partial charge on any atom is -0.484 e. The van der Waals surface area contributed by atoms with Crippen LogP contribution in [0.5, 0.6) is 5.75 Å². The molecule has 2 amide bonds. The van der Waals surface area contributed by atoms with Gasteiger partial charge in [0, 0.05) is 13.1 Å². The van der Waals surface area contributed by atoms with Gasteiger partial charge >= 0.3 is 0 Å². The molecule has 29 heavy (non-hydrogen) atoms. The molecule has 0 aliphatic heterocycles. The number of ether oxygens (including phenoxy) is 1. The summed E-state index contributed by atoms with van der Waals surface area (Å²) in [5, 5.41) is 2.84. The zero-order valence-electron chi connectivity index (χ0n) is 18.1. The summed E-state index contributed by atoms with van der Waals surface area (Å²) in [5.41, 5.74) is 4.27. The van der Waals surface area contributed by atoms with E-state index in [0.717, 1.165) is 22.3 Å². The van der Waals surface area contributed by atoms with Crippen molar-refractivity contribution in [2.45, 2.75) is 53.6 Å². The Morgan fingerprint density at radius 2 is 1.69 bits per heavy atom. The Hall–Kier alpha value is -2.82. The molecule has 0 aromatic heterocycles. The molecule has 1 atom stereocenters. The third-order valence-electron chi connectivity index (χ3n) is 4.73. The molecule has 0 saturated carbocycles. The standard InChI is InChI=1S/C24H32N2O3/c1-6-22(24(28)25-7-2)26(15-20-10-8-9-17(3)12-20)23(27)16-29-21-13-18(4)11-19(5)14-21/h8-14,22H,6-7,15-16H2,1-5H3,(H,25,28)/t22-/m1/s1. The number of benzene rings is 2. The minimum absolute atomic E-state index is 0.107. The van der Waals surface area contributed by atoms with Crippen molar-refractivity contribution in [2.24, 2.45) is 0 Å². The van der Waals surface area contributed by atoms with Crippen LogP contribution >= 0.6 is 0 Å². The van der Waals surface area contributed by atoms with Gasteiger partial charge in [-0.3, -0.25) is 9.59 Å². The minimum atomic E-state index is -0.536. The van der Waals surface area contributed by atoms with Crippen LogP contribution in [0.4, 0.5) is 0 Å². The predicted octanol–water partition coefficient (Wildman–Crippen LogP) is 3.93. The SMILES string of the molecule is CCNC(=O)[C@@H](CC)N(Cc1cccc(C)c1)C(=O)COc1cc(C)cc(C)c1. The van der Waals surface area contributed by atoms with Crippen LogP contribution in [0.15, 0.2) is 42.5 Å². The number of carbonyl (C=O) groups excluding carboxylic acids is 2. The molecule has 5 nitrogen and oxygen atoms in total. The van der Waals surface area contributed by atoms with Crippen LogP contribution in [-0.4, -0.2) is 35.9 Å². The summed E-state index contributed by atoms with van der Waals surface area (Å²) < 4.78 is 5.78. The Balaban J connectivity index is 2.21. The summed E-state index contributed by atoms with van der Waals surface area (Å²) in [4.78, 5) is 27.3. The summed E-state index contributed by atoms with van der Waals surface area (Å²) in [6, 6.07) is 13.3. The van der Waals surface area contributed by atoms with Gasteiger partial charge in [0.15, 0.2) is 6.61 Å². The Bertz CT molecular complexity index is 828. The molecule has 2 rings (SSSR count). The molecule has 0 saturated heterocycles. The molecule has 2 aromatic rings. The number of likely N-dealkylation sites (N-methyl/N-ethyl adjacent to an activating group) is 1. The van der Waals surface area contributed by atoms with Crippen LogP contribution < -0.4 is 10.1 Å². The highest BCUT2D eigenvalue weighted by atomic mass is 16.5. The molecule has 1 N–H and O–H groups in total. The summed E-state index contributed by atoms with van der Waals surface area (Å²) in [6.45, 7) is 10.6. The van der Waals surface area contributed by atoms with Gasteiger partial charge in [0.25, 0.3) is 5.91 Å². The van der Waals surface area contributed by atoms with Crippen molar-refractivity contribution in [1.82, 2.24) is 10.2 Å². The van der Waals surface area contributed by atoms with Gasteiger partial charge in [0.05, 0.1) is 0 Å². The summed E-state index contributed by atoms with van der Waals surface area (Å²) in [6.07, 6.45) is 0.535. The molecule has 156 valence electrons. The topological polar surface area (TPSA) is 58.6 Å². The highest BCUT2D eigenvalue weighted by molar-refractivity contribution is 5.88. The number of nitrogens with zero attached hydrogens (tertiary/aromatic N) is 1. The van der Waals surface area contributed by atoms with Gasteiger partial charge in [-0.05, 0) is 62.9 Å². The molecule has 0 unspecified atom stereocenters. The molecule has 0 heterocycles. The van der Waals surface area contributed by atoms with Gasteiger partial charge < -0.3 is 15.0 Å². The predicted molar refractivity (Wildman–Crippen MR) is 116 cm³/mol. The van der Waals surface area contributed by atoms with Gasteiger partial charge in [-0.1, -0.05) is 42.8 Å². The smallest absolute Gasteiger partial charge is 0.261 e. The lowest BCUT2D eigenvalue weighted by molar-refractivity contribution is -0.142. The Labute approximate surface area is 174 Å². The quantitative estimate of drug-likeness (QED) is 0.699. The largest absolute Gasteiger partial charge is 0.484 e. The maximum atomic E-state index is 13.1. The maximum absolute atomic E-state index is 13.1. The van der Waals surface area contributed by atoms with E-state index < -0.39 is 6.04 Å². The Kier molecular flexibility index (Phi) is 8.25. The first-order valence-corrected chi connectivity index (χ1v) is 10.2. The van der Waals surface area contributed by atoms with Crippen molar-refractivity contribution in [1.29, 1.82) is 0 Å². The fourth-order valence-electron chi connectivity index (χ4n) is 3.46. The first-order chi connectivity index (χ1) is 13.8. The molecule has 0 bridgehead atoms. The first kappa shape index (κ1) is 22.5. The summed E-state index contributed by atoms with van der Waals surface area (Å²) in [5.74, 6) is 0.323. The molecular weight excluding hydrogens is 364 g/mol. The number of aryl methyl sites for hydroxylation is 3. The summed E-state index contributed by atoms with van der Waals surface area (Å²) in [7, 11) is 0. The van der Waals surface area contributed by atoms with E-state index >= 15 is 0 Å². The highest BCUT2D eigenvalue weighted by Crippen LogP contribution is 2.18. The van der Waals surface area contributed by atoms with Crippen molar-refractivity contribution >= 4 is 11.8 Å². The van der Waals surface area contributed by atoms with Crippen LogP contribution in [0.25, 0.3) is 0 Å².